The molecule has 4 heterocycles. The van der Waals surface area contributed by atoms with E-state index in [2.05, 4.69) is 29.9 Å². The predicted octanol–water partition coefficient (Wildman–Crippen LogP) is 1.31. The molecule has 4 aliphatic carbocycles. The molecular formula is C29H36N11O7P. The molecule has 0 aromatic carbocycles. The Balaban J connectivity index is 1.09. The Kier molecular flexibility index (Phi) is 7.02. The van der Waals surface area contributed by atoms with Crippen LogP contribution in [0.25, 0.3) is 22.3 Å². The number of imidazole rings is 2. The summed E-state index contributed by atoms with van der Waals surface area (Å²) in [5, 5.41) is 31.2. The number of aliphatic hydroxyl groups is 2. The summed E-state index contributed by atoms with van der Waals surface area (Å²) in [6.45, 7) is 3.37. The van der Waals surface area contributed by atoms with E-state index in [4.69, 9.17) is 25.0 Å². The zero-order valence-corrected chi connectivity index (χ0v) is 27.1. The smallest absolute Gasteiger partial charge is 0.396 e. The summed E-state index contributed by atoms with van der Waals surface area (Å²) in [5.41, 5.74) is 11.5. The Morgan fingerprint density at radius 3 is 2.52 bits per heavy atom. The van der Waals surface area contributed by atoms with Crippen LogP contribution in [-0.4, -0.2) is 81.3 Å². The molecule has 19 heteroatoms. The molecule has 11 atom stereocenters. The van der Waals surface area contributed by atoms with E-state index in [1.807, 2.05) is 24.5 Å². The maximum absolute atomic E-state index is 14.5. The van der Waals surface area contributed by atoms with Gasteiger partial charge in [0.1, 0.15) is 11.8 Å². The van der Waals surface area contributed by atoms with Crippen LogP contribution in [0.2, 0.25) is 0 Å². The highest BCUT2D eigenvalue weighted by molar-refractivity contribution is 7.48. The third-order valence-electron chi connectivity index (χ3n) is 11.5. The average molecular weight is 682 g/mol. The van der Waals surface area contributed by atoms with Gasteiger partial charge in [0, 0.05) is 29.4 Å². The van der Waals surface area contributed by atoms with Gasteiger partial charge in [0.15, 0.2) is 22.6 Å². The lowest BCUT2D eigenvalue weighted by Crippen LogP contribution is -2.33. The van der Waals surface area contributed by atoms with Gasteiger partial charge in [-0.3, -0.25) is 23.3 Å². The second kappa shape index (κ2) is 10.8. The highest BCUT2D eigenvalue weighted by atomic mass is 31.2. The number of nitrogen functional groups attached to an aromatic ring is 2. The van der Waals surface area contributed by atoms with Gasteiger partial charge >= 0.3 is 7.82 Å². The fourth-order valence-electron chi connectivity index (χ4n) is 8.84. The van der Waals surface area contributed by atoms with E-state index in [1.54, 1.807) is 10.9 Å². The fourth-order valence-corrected chi connectivity index (χ4v) is 10.4. The predicted molar refractivity (Wildman–Crippen MR) is 167 cm³/mol. The Bertz CT molecular complexity index is 2080. The van der Waals surface area contributed by atoms with Gasteiger partial charge in [-0.05, 0) is 30.6 Å². The first-order valence-corrected chi connectivity index (χ1v) is 17.3. The molecular weight excluding hydrogens is 645 g/mol. The van der Waals surface area contributed by atoms with Crippen LogP contribution in [-0.2, 0) is 18.1 Å². The first kappa shape index (κ1) is 31.3. The molecule has 48 heavy (non-hydrogen) atoms. The molecule has 0 saturated heterocycles. The molecule has 4 aromatic rings. The number of aromatic amines is 1. The molecule has 4 saturated carbocycles. The maximum atomic E-state index is 14.5. The minimum atomic E-state index is -4.39. The molecule has 254 valence electrons. The van der Waals surface area contributed by atoms with Crippen molar-refractivity contribution in [2.75, 3.05) is 31.3 Å². The molecule has 1 unspecified atom stereocenters. The van der Waals surface area contributed by atoms with Gasteiger partial charge in [0.05, 0.1) is 56.6 Å². The van der Waals surface area contributed by atoms with Gasteiger partial charge < -0.3 is 30.8 Å². The van der Waals surface area contributed by atoms with Crippen molar-refractivity contribution < 1.29 is 28.3 Å². The number of hydrogen-bond acceptors (Lipinski definition) is 15. The number of fused-ring (bicyclic) bond motifs is 4. The number of nitrogens with one attached hydrogen (secondary N) is 1. The van der Waals surface area contributed by atoms with Crippen LogP contribution in [0.15, 0.2) is 23.8 Å². The van der Waals surface area contributed by atoms with E-state index in [1.165, 1.54) is 12.7 Å². The number of phosphoric acid groups is 1. The van der Waals surface area contributed by atoms with Gasteiger partial charge in [0.2, 0.25) is 5.95 Å². The van der Waals surface area contributed by atoms with Crippen molar-refractivity contribution in [3.8, 4) is 6.07 Å². The third kappa shape index (κ3) is 4.38. The molecule has 4 fully saturated rings. The minimum absolute atomic E-state index is 0.0564. The second-order valence-corrected chi connectivity index (χ2v) is 15.3. The van der Waals surface area contributed by atoms with Gasteiger partial charge in [-0.15, -0.1) is 0 Å². The van der Waals surface area contributed by atoms with Gasteiger partial charge in [-0.25, -0.2) is 24.5 Å². The molecule has 0 spiro atoms. The van der Waals surface area contributed by atoms with Gasteiger partial charge in [-0.1, -0.05) is 13.8 Å². The summed E-state index contributed by atoms with van der Waals surface area (Å²) in [7, 11) is -4.39. The normalized spacial score (nSPS) is 36.1. The number of nitrogens with zero attached hydrogens (tertiary/aromatic N) is 8. The standard InChI is InChI=1S/C29H36N11O7P/c1-13-19(39-11-35-17-23(31)33-10-34-24(17)39)15-7-29(15,22(13)42)9-46-48(44,45-5-3-4-30)47-21-14(2)28(8-41)6-16(28)20(21)40-12-36-18-25(40)37-27(32)38-26(18)43/h10-16,19-22,41-42H,3,5-9H2,1-2H3,(H2,31,33,34)(H3,32,37,38,43)/t13-,14-,15+,16+,19-,20+,21+,22-,28-,29+,48?/m0/s1. The molecule has 0 amide bonds. The highest BCUT2D eigenvalue weighted by Crippen LogP contribution is 2.74. The second-order valence-electron chi connectivity index (χ2n) is 13.7. The third-order valence-corrected chi connectivity index (χ3v) is 13.0. The van der Waals surface area contributed by atoms with Crippen LogP contribution in [0.5, 0.6) is 0 Å². The first-order chi connectivity index (χ1) is 23.0. The average Bonchev–Trinajstić information content (AvgIpc) is 3.78. The number of hydrogen-bond donors (Lipinski definition) is 5. The summed E-state index contributed by atoms with van der Waals surface area (Å²) in [4.78, 5) is 36.4. The molecule has 18 nitrogen and oxygen atoms in total. The number of H-pyrrole nitrogens is 1. The van der Waals surface area contributed by atoms with Crippen molar-refractivity contribution >= 4 is 41.9 Å². The van der Waals surface area contributed by atoms with Crippen LogP contribution in [0, 0.1) is 45.8 Å². The zero-order valence-electron chi connectivity index (χ0n) is 26.2. The molecule has 4 aliphatic rings. The Morgan fingerprint density at radius 2 is 1.77 bits per heavy atom. The Hall–Kier alpha value is -3.98. The first-order valence-electron chi connectivity index (χ1n) is 15.9. The van der Waals surface area contributed by atoms with E-state index in [0.29, 0.717) is 24.0 Å². The van der Waals surface area contributed by atoms with Crippen molar-refractivity contribution in [3.05, 3.63) is 29.3 Å². The van der Waals surface area contributed by atoms with Crippen LogP contribution in [0.3, 0.4) is 0 Å². The largest absolute Gasteiger partial charge is 0.475 e. The van der Waals surface area contributed by atoms with Crippen LogP contribution in [0.4, 0.5) is 11.8 Å². The number of aromatic nitrogens is 8. The number of anilines is 2. The van der Waals surface area contributed by atoms with Crippen molar-refractivity contribution in [3.63, 3.8) is 0 Å². The summed E-state index contributed by atoms with van der Waals surface area (Å²) in [6, 6.07) is 1.25. The van der Waals surface area contributed by atoms with Crippen LogP contribution < -0.4 is 17.0 Å². The fraction of sp³-hybridized carbons (Fsp3) is 0.621. The quantitative estimate of drug-likeness (QED) is 0.110. The van der Waals surface area contributed by atoms with E-state index in [-0.39, 0.29) is 78.9 Å². The van der Waals surface area contributed by atoms with Gasteiger partial charge in [-0.2, -0.15) is 10.2 Å². The van der Waals surface area contributed by atoms with Crippen molar-refractivity contribution in [1.82, 2.24) is 39.0 Å². The topological polar surface area (TPSA) is 268 Å². The van der Waals surface area contributed by atoms with E-state index < -0.39 is 42.5 Å². The number of nitriles is 1. The van der Waals surface area contributed by atoms with Crippen LogP contribution >= 0.6 is 7.82 Å². The van der Waals surface area contributed by atoms with E-state index in [0.717, 1.165) is 0 Å². The summed E-state index contributed by atoms with van der Waals surface area (Å²) < 4.78 is 36.3. The Labute approximate surface area is 273 Å². The van der Waals surface area contributed by atoms with Crippen LogP contribution in [0.1, 0.15) is 45.2 Å². The molecule has 7 N–H and O–H groups in total. The molecule has 0 aliphatic heterocycles. The Morgan fingerprint density at radius 1 is 1.06 bits per heavy atom. The number of aliphatic hydroxyl groups excluding tert-OH is 2. The molecule has 8 rings (SSSR count). The monoisotopic (exact) mass is 681 g/mol. The van der Waals surface area contributed by atoms with E-state index in [9.17, 15) is 24.8 Å². The number of nitrogens with two attached hydrogens (primary N) is 2. The van der Waals surface area contributed by atoms with E-state index >= 15 is 0 Å². The molecule has 0 radical (unpaired) electrons. The SMILES string of the molecule is C[C@H]1[C@H](n2cnc3c(N)ncnc32)[C@H]2C[C@]2(COP(=O)(OCCC#N)O[C@H]2[C@H](n3cnc4c(=O)[nH]c(N)nc43)[C@H]3C[C@]3(CO)[C@H]2C)[C@H]1O. The summed E-state index contributed by atoms with van der Waals surface area (Å²) in [6.07, 6.45) is 4.06. The summed E-state index contributed by atoms with van der Waals surface area (Å²) in [5.74, 6) is -0.535. The van der Waals surface area contributed by atoms with Crippen molar-refractivity contribution in [1.29, 1.82) is 5.26 Å². The number of phosphoric ester groups is 1. The minimum Gasteiger partial charge on any atom is -0.396 e. The zero-order chi connectivity index (χ0) is 33.7. The lowest BCUT2D eigenvalue weighted by molar-refractivity contribution is -0.00146. The lowest BCUT2D eigenvalue weighted by atomic mass is 9.91. The lowest BCUT2D eigenvalue weighted by Gasteiger charge is -2.32. The highest BCUT2D eigenvalue weighted by Gasteiger charge is 2.73. The number of rotatable bonds is 11. The summed E-state index contributed by atoms with van der Waals surface area (Å²) >= 11 is 0. The van der Waals surface area contributed by atoms with Crippen molar-refractivity contribution in [2.45, 2.75) is 57.4 Å². The van der Waals surface area contributed by atoms with Crippen molar-refractivity contribution in [2.24, 2.45) is 34.5 Å². The van der Waals surface area contributed by atoms with Gasteiger partial charge in [0.25, 0.3) is 5.56 Å². The molecule has 4 aromatic heterocycles. The molecule has 0 bridgehead atoms. The maximum Gasteiger partial charge on any atom is 0.475 e.